The van der Waals surface area contributed by atoms with Crippen molar-refractivity contribution in [3.63, 3.8) is 0 Å². The zero-order valence-electron chi connectivity index (χ0n) is 16.8. The van der Waals surface area contributed by atoms with E-state index in [4.69, 9.17) is 5.73 Å². The Kier molecular flexibility index (Phi) is 8.45. The van der Waals surface area contributed by atoms with E-state index in [0.717, 1.165) is 13.8 Å². The fourth-order valence-corrected chi connectivity index (χ4v) is 2.11. The van der Waals surface area contributed by atoms with Crippen LogP contribution < -0.4 is 25.8 Å². The number of nitrogens with zero attached hydrogens (tertiary/aromatic N) is 1. The molecule has 4 N–H and O–H groups in total. The number of aliphatic imine (C=N–C) groups is 1. The fourth-order valence-electron chi connectivity index (χ4n) is 2.11. The number of guanidine groups is 1. The molecule has 1 aromatic rings. The molecule has 0 heterocycles. The molecule has 0 saturated carbocycles. The maximum Gasteiger partial charge on any atom is 0.491 e. The third-order valence-corrected chi connectivity index (χ3v) is 3.61. The number of rotatable bonds is 5. The number of nitrogens with two attached hydrogens (primary N) is 1. The van der Waals surface area contributed by atoms with Crippen LogP contribution in [-0.4, -0.2) is 42.8 Å². The second kappa shape index (κ2) is 10.2. The van der Waals surface area contributed by atoms with Gasteiger partial charge in [-0.3, -0.25) is 10.3 Å². The van der Waals surface area contributed by atoms with E-state index >= 15 is 0 Å². The highest BCUT2D eigenvalue weighted by Gasteiger charge is 2.43. The van der Waals surface area contributed by atoms with Crippen LogP contribution in [0.2, 0.25) is 0 Å². The number of hydrogen-bond acceptors (Lipinski definition) is 6. The minimum Gasteiger partial charge on any atom is -0.419 e. The van der Waals surface area contributed by atoms with Crippen LogP contribution in [0.3, 0.4) is 0 Å². The Hall–Kier alpha value is -3.52. The van der Waals surface area contributed by atoms with E-state index in [1.165, 1.54) is 0 Å². The number of ether oxygens (including phenoxy) is 2. The molecule has 0 aromatic heterocycles. The van der Waals surface area contributed by atoms with Gasteiger partial charge in [-0.05, 0) is 20.3 Å². The predicted octanol–water partition coefficient (Wildman–Crippen LogP) is 3.09. The Morgan fingerprint density at radius 3 is 1.78 bits per heavy atom. The van der Waals surface area contributed by atoms with E-state index in [1.807, 2.05) is 0 Å². The normalized spacial score (nSPS) is 12.2. The number of anilines is 1. The van der Waals surface area contributed by atoms with Gasteiger partial charge in [-0.2, -0.15) is 26.3 Å². The molecule has 0 unspecified atom stereocenters. The minimum absolute atomic E-state index is 0.268. The number of carbonyl (C=O) groups excluding carboxylic acids is 3. The van der Waals surface area contributed by atoms with Crippen molar-refractivity contribution in [1.29, 1.82) is 0 Å². The average Bonchev–Trinajstić information content (AvgIpc) is 2.65. The first-order valence-electron chi connectivity index (χ1n) is 8.68. The Morgan fingerprint density at radius 2 is 1.41 bits per heavy atom. The molecule has 0 spiro atoms. The summed E-state index contributed by atoms with van der Waals surface area (Å²) in [5.74, 6) is -7.52. The number of esters is 2. The third-order valence-electron chi connectivity index (χ3n) is 3.61. The van der Waals surface area contributed by atoms with Crippen LogP contribution in [0.15, 0.2) is 11.1 Å². The quantitative estimate of drug-likeness (QED) is 0.198. The standard InChI is InChI=1S/C17H18F6N4O5/c1-4-5-25-14(24)27-15(30)26-11-7(2)9(31-12(28)16(18,19)20)6-10(8(11)3)32-13(29)17(21,22)23/h6H,4-5H2,1-3H3,(H4,24,25,26,27,30). The summed E-state index contributed by atoms with van der Waals surface area (Å²) >= 11 is 0. The number of amides is 2. The topological polar surface area (TPSA) is 132 Å². The van der Waals surface area contributed by atoms with Crippen LogP contribution in [0.1, 0.15) is 24.5 Å². The van der Waals surface area contributed by atoms with Gasteiger partial charge in [0.25, 0.3) is 0 Å². The zero-order chi connectivity index (χ0) is 24.9. The van der Waals surface area contributed by atoms with E-state index in [1.54, 1.807) is 6.92 Å². The molecule has 1 rings (SSSR count). The van der Waals surface area contributed by atoms with E-state index < -0.39 is 47.5 Å². The number of alkyl halides is 6. The van der Waals surface area contributed by atoms with Gasteiger partial charge in [0.2, 0.25) is 0 Å². The van der Waals surface area contributed by atoms with Crippen LogP contribution in [0.5, 0.6) is 11.5 Å². The van der Waals surface area contributed by atoms with Crippen LogP contribution in [0.4, 0.5) is 36.8 Å². The highest BCUT2D eigenvalue weighted by atomic mass is 19.4. The number of halogens is 6. The summed E-state index contributed by atoms with van der Waals surface area (Å²) in [6, 6.07) is -0.584. The third kappa shape index (κ3) is 7.31. The Bertz CT molecular complexity index is 875. The van der Waals surface area contributed by atoms with Crippen LogP contribution in [0.25, 0.3) is 0 Å². The molecule has 0 radical (unpaired) electrons. The van der Waals surface area contributed by atoms with Crippen LogP contribution >= 0.6 is 0 Å². The molecular weight excluding hydrogens is 454 g/mol. The molecule has 0 saturated heterocycles. The number of hydrogen-bond donors (Lipinski definition) is 3. The highest BCUT2D eigenvalue weighted by Crippen LogP contribution is 2.38. The molecule has 0 fully saturated rings. The second-order valence-electron chi connectivity index (χ2n) is 6.12. The van der Waals surface area contributed by atoms with Crippen molar-refractivity contribution in [2.45, 2.75) is 39.5 Å². The molecule has 0 aliphatic carbocycles. The molecule has 32 heavy (non-hydrogen) atoms. The molecule has 0 bridgehead atoms. The molecule has 0 atom stereocenters. The highest BCUT2D eigenvalue weighted by molar-refractivity contribution is 6.03. The van der Waals surface area contributed by atoms with Crippen molar-refractivity contribution in [3.05, 3.63) is 17.2 Å². The van der Waals surface area contributed by atoms with E-state index in [0.29, 0.717) is 12.5 Å². The fraction of sp³-hybridized carbons (Fsp3) is 0.412. The first kappa shape index (κ1) is 26.5. The lowest BCUT2D eigenvalue weighted by Gasteiger charge is -2.19. The summed E-state index contributed by atoms with van der Waals surface area (Å²) in [7, 11) is 0. The van der Waals surface area contributed by atoms with E-state index in [2.05, 4.69) is 25.1 Å². The summed E-state index contributed by atoms with van der Waals surface area (Å²) in [4.78, 5) is 38.2. The Labute approximate surface area is 176 Å². The molecule has 2 amide bonds. The van der Waals surface area contributed by atoms with Crippen LogP contribution in [-0.2, 0) is 9.59 Å². The summed E-state index contributed by atoms with van der Waals surface area (Å²) in [6.07, 6.45) is -10.3. The lowest BCUT2D eigenvalue weighted by molar-refractivity contribution is -0.190. The van der Waals surface area contributed by atoms with Gasteiger partial charge in [-0.15, -0.1) is 0 Å². The Balaban J connectivity index is 3.41. The van der Waals surface area contributed by atoms with Gasteiger partial charge in [0.05, 0.1) is 5.69 Å². The molecule has 9 nitrogen and oxygen atoms in total. The SMILES string of the molecule is CCCN=C(N)NC(=O)Nc1c(C)c(OC(=O)C(F)(F)F)cc(OC(=O)C(F)(F)F)c1C. The van der Waals surface area contributed by atoms with Gasteiger partial charge >= 0.3 is 30.3 Å². The monoisotopic (exact) mass is 472 g/mol. The predicted molar refractivity (Wildman–Crippen MR) is 98.2 cm³/mol. The van der Waals surface area contributed by atoms with Crippen molar-refractivity contribution in [2.75, 3.05) is 11.9 Å². The lowest BCUT2D eigenvalue weighted by Crippen LogP contribution is -2.40. The Morgan fingerprint density at radius 1 is 0.969 bits per heavy atom. The van der Waals surface area contributed by atoms with Gasteiger partial charge < -0.3 is 20.5 Å². The summed E-state index contributed by atoms with van der Waals surface area (Å²) < 4.78 is 83.7. The van der Waals surface area contributed by atoms with Gasteiger partial charge in [0.15, 0.2) is 5.96 Å². The van der Waals surface area contributed by atoms with Gasteiger partial charge in [0.1, 0.15) is 11.5 Å². The van der Waals surface area contributed by atoms with Crippen LogP contribution in [0, 0.1) is 13.8 Å². The first-order chi connectivity index (χ1) is 14.6. The average molecular weight is 472 g/mol. The second-order valence-corrected chi connectivity index (χ2v) is 6.12. The molecule has 0 aliphatic heterocycles. The molecule has 0 aliphatic rings. The van der Waals surface area contributed by atoms with Crippen molar-refractivity contribution in [2.24, 2.45) is 10.7 Å². The molecule has 178 valence electrons. The lowest BCUT2D eigenvalue weighted by atomic mass is 10.1. The van der Waals surface area contributed by atoms with Crippen molar-refractivity contribution >= 4 is 29.6 Å². The van der Waals surface area contributed by atoms with E-state index in [-0.39, 0.29) is 23.6 Å². The van der Waals surface area contributed by atoms with Gasteiger partial charge in [-0.25, -0.2) is 14.4 Å². The van der Waals surface area contributed by atoms with E-state index in [9.17, 15) is 40.7 Å². The van der Waals surface area contributed by atoms with Gasteiger partial charge in [0, 0.05) is 23.7 Å². The number of urea groups is 1. The number of carbonyl (C=O) groups is 3. The largest absolute Gasteiger partial charge is 0.491 e. The zero-order valence-corrected chi connectivity index (χ0v) is 16.8. The minimum atomic E-state index is -5.44. The summed E-state index contributed by atoms with van der Waals surface area (Å²) in [6.45, 7) is 4.25. The first-order valence-corrected chi connectivity index (χ1v) is 8.68. The number of nitrogens with one attached hydrogen (secondary N) is 2. The van der Waals surface area contributed by atoms with Crippen molar-refractivity contribution < 1.29 is 50.2 Å². The molecular formula is C17H18F6N4O5. The van der Waals surface area contributed by atoms with Crippen molar-refractivity contribution in [1.82, 2.24) is 5.32 Å². The van der Waals surface area contributed by atoms with Gasteiger partial charge in [-0.1, -0.05) is 6.92 Å². The molecule has 1 aromatic carbocycles. The van der Waals surface area contributed by atoms with Crippen molar-refractivity contribution in [3.8, 4) is 11.5 Å². The smallest absolute Gasteiger partial charge is 0.419 e. The molecule has 15 heteroatoms. The maximum atomic E-state index is 12.6. The summed E-state index contributed by atoms with van der Waals surface area (Å²) in [5.41, 5.74) is 4.50. The number of benzene rings is 1. The summed E-state index contributed by atoms with van der Waals surface area (Å²) in [5, 5.41) is 4.22. The maximum absolute atomic E-state index is 12.6.